The van der Waals surface area contributed by atoms with Crippen LogP contribution in [0.4, 0.5) is 0 Å². The van der Waals surface area contributed by atoms with E-state index in [0.717, 1.165) is 56.2 Å². The number of unbranched alkanes of at least 4 members (excludes halogenated alkanes) is 1. The summed E-state index contributed by atoms with van der Waals surface area (Å²) < 4.78 is 28.5. The Morgan fingerprint density at radius 2 is 1.91 bits per heavy atom. The van der Waals surface area contributed by atoms with Crippen LogP contribution in [0.1, 0.15) is 64.1 Å². The lowest BCUT2D eigenvalue weighted by molar-refractivity contribution is -0.134. The average Bonchev–Trinajstić information content (AvgIpc) is 3.17. The van der Waals surface area contributed by atoms with Crippen LogP contribution in [0.5, 0.6) is 0 Å². The molecule has 4 rings (SSSR count). The molecule has 1 aliphatic heterocycles. The van der Waals surface area contributed by atoms with E-state index in [9.17, 15) is 13.2 Å². The molecule has 0 bridgehead atoms. The lowest BCUT2D eigenvalue weighted by atomic mass is 9.75. The fraction of sp³-hybridized carbons (Fsp3) is 0.680. The summed E-state index contributed by atoms with van der Waals surface area (Å²) in [7, 11) is -0.447. The quantitative estimate of drug-likeness (QED) is 0.578. The number of rotatable bonds is 8. The van der Waals surface area contributed by atoms with E-state index >= 15 is 0 Å². The number of amides is 1. The highest BCUT2D eigenvalue weighted by molar-refractivity contribution is 7.89. The number of piperidine rings is 1. The zero-order valence-electron chi connectivity index (χ0n) is 20.3. The summed E-state index contributed by atoms with van der Waals surface area (Å²) in [6, 6.07) is 5.17. The number of likely N-dealkylation sites (tertiary alicyclic amines) is 1. The van der Waals surface area contributed by atoms with Gasteiger partial charge >= 0.3 is 0 Å². The van der Waals surface area contributed by atoms with Crippen LogP contribution in [-0.4, -0.2) is 60.3 Å². The van der Waals surface area contributed by atoms with Crippen LogP contribution in [0.2, 0.25) is 0 Å². The molecule has 1 aromatic heterocycles. The third-order valence-electron chi connectivity index (χ3n) is 7.52. The smallest absolute Gasteiger partial charge is 0.242 e. The fourth-order valence-electron chi connectivity index (χ4n) is 5.49. The molecule has 2 heterocycles. The molecule has 0 spiro atoms. The molecule has 1 saturated carbocycles. The van der Waals surface area contributed by atoms with Crippen molar-refractivity contribution < 1.29 is 13.2 Å². The normalized spacial score (nSPS) is 21.5. The van der Waals surface area contributed by atoms with Crippen LogP contribution in [0.15, 0.2) is 23.1 Å². The molecular weight excluding hydrogens is 436 g/mol. The minimum absolute atomic E-state index is 0.226. The summed E-state index contributed by atoms with van der Waals surface area (Å²) >= 11 is 0. The Kier molecular flexibility index (Phi) is 7.43. The molecule has 2 aliphatic rings. The van der Waals surface area contributed by atoms with Gasteiger partial charge in [0.1, 0.15) is 5.82 Å². The minimum Gasteiger partial charge on any atom is -0.342 e. The molecule has 2 unspecified atom stereocenters. The highest BCUT2D eigenvalue weighted by Crippen LogP contribution is 2.36. The van der Waals surface area contributed by atoms with Crippen molar-refractivity contribution in [1.29, 1.82) is 0 Å². The van der Waals surface area contributed by atoms with Crippen LogP contribution >= 0.6 is 0 Å². The van der Waals surface area contributed by atoms with E-state index in [-0.39, 0.29) is 10.8 Å². The molecule has 2 atom stereocenters. The van der Waals surface area contributed by atoms with E-state index in [0.29, 0.717) is 24.3 Å². The first-order valence-electron chi connectivity index (χ1n) is 12.5. The molecule has 7 nitrogen and oxygen atoms in total. The van der Waals surface area contributed by atoms with Crippen molar-refractivity contribution in [3.8, 4) is 0 Å². The topological polar surface area (TPSA) is 75.5 Å². The van der Waals surface area contributed by atoms with Gasteiger partial charge in [-0.25, -0.2) is 17.7 Å². The van der Waals surface area contributed by atoms with E-state index in [1.807, 2.05) is 6.07 Å². The van der Waals surface area contributed by atoms with Gasteiger partial charge in [0, 0.05) is 46.6 Å². The van der Waals surface area contributed by atoms with E-state index in [2.05, 4.69) is 16.4 Å². The van der Waals surface area contributed by atoms with E-state index in [4.69, 9.17) is 4.98 Å². The third kappa shape index (κ3) is 5.11. The summed E-state index contributed by atoms with van der Waals surface area (Å²) in [5.74, 6) is 2.60. The maximum absolute atomic E-state index is 13.1. The van der Waals surface area contributed by atoms with Crippen molar-refractivity contribution in [2.45, 2.75) is 76.2 Å². The van der Waals surface area contributed by atoms with Gasteiger partial charge in [0.25, 0.3) is 0 Å². The monoisotopic (exact) mass is 474 g/mol. The molecule has 2 aromatic rings. The van der Waals surface area contributed by atoms with Crippen LogP contribution in [0.3, 0.4) is 0 Å². The second kappa shape index (κ2) is 10.1. The number of hydrogen-bond donors (Lipinski definition) is 0. The van der Waals surface area contributed by atoms with Gasteiger partial charge in [-0.05, 0) is 49.3 Å². The van der Waals surface area contributed by atoms with Crippen LogP contribution < -0.4 is 0 Å². The molecule has 2 fully saturated rings. The van der Waals surface area contributed by atoms with Gasteiger partial charge < -0.3 is 9.47 Å². The molecule has 8 heteroatoms. The van der Waals surface area contributed by atoms with Crippen molar-refractivity contribution >= 4 is 27.0 Å². The van der Waals surface area contributed by atoms with Gasteiger partial charge in [0.15, 0.2) is 0 Å². The number of aromatic nitrogens is 2. The molecule has 33 heavy (non-hydrogen) atoms. The predicted octanol–water partition coefficient (Wildman–Crippen LogP) is 4.06. The first-order chi connectivity index (χ1) is 15.8. The number of imidazole rings is 1. The second-order valence-corrected chi connectivity index (χ2v) is 12.1. The SMILES string of the molecule is CCCCn1c(CCC(=O)N2CCC3CCCCC3C2)nc2cc(S(=O)(=O)N(C)C)ccc21. The number of fused-ring (bicyclic) bond motifs is 2. The molecule has 0 radical (unpaired) electrons. The number of benzene rings is 1. The van der Waals surface area contributed by atoms with Gasteiger partial charge in [0.05, 0.1) is 15.9 Å². The van der Waals surface area contributed by atoms with Gasteiger partial charge in [-0.3, -0.25) is 4.79 Å². The second-order valence-electron chi connectivity index (χ2n) is 9.90. The Morgan fingerprint density at radius 3 is 2.64 bits per heavy atom. The zero-order valence-corrected chi connectivity index (χ0v) is 21.1. The standard InChI is InChI=1S/C25H38N4O3S/c1-4-5-15-29-23-11-10-21(33(31,32)27(2)3)17-22(23)26-24(29)12-13-25(30)28-16-14-19-8-6-7-9-20(19)18-28/h10-11,17,19-20H,4-9,12-16,18H2,1-3H3. The summed E-state index contributed by atoms with van der Waals surface area (Å²) in [5, 5.41) is 0. The summed E-state index contributed by atoms with van der Waals surface area (Å²) in [5.41, 5.74) is 1.62. The highest BCUT2D eigenvalue weighted by Gasteiger charge is 2.32. The predicted molar refractivity (Wildman–Crippen MR) is 130 cm³/mol. The van der Waals surface area contributed by atoms with E-state index < -0.39 is 10.0 Å². The molecule has 0 N–H and O–H groups in total. The number of carbonyl (C=O) groups excluding carboxylic acids is 1. The van der Waals surface area contributed by atoms with Gasteiger partial charge in [-0.15, -0.1) is 0 Å². The molecule has 1 saturated heterocycles. The van der Waals surface area contributed by atoms with Crippen molar-refractivity contribution in [2.75, 3.05) is 27.2 Å². The fourth-order valence-corrected chi connectivity index (χ4v) is 6.41. The number of sulfonamides is 1. The third-order valence-corrected chi connectivity index (χ3v) is 9.33. The summed E-state index contributed by atoms with van der Waals surface area (Å²) in [6.07, 6.45) is 9.50. The maximum atomic E-state index is 13.1. The maximum Gasteiger partial charge on any atom is 0.242 e. The van der Waals surface area contributed by atoms with Gasteiger partial charge in [-0.1, -0.05) is 32.6 Å². The van der Waals surface area contributed by atoms with Crippen molar-refractivity contribution in [2.24, 2.45) is 11.8 Å². The number of carbonyl (C=O) groups is 1. The number of aryl methyl sites for hydroxylation is 2. The Labute approximate surface area is 198 Å². The molecule has 1 aliphatic carbocycles. The van der Waals surface area contributed by atoms with Crippen LogP contribution in [0, 0.1) is 11.8 Å². The van der Waals surface area contributed by atoms with Gasteiger partial charge in [0.2, 0.25) is 15.9 Å². The molecule has 1 amide bonds. The van der Waals surface area contributed by atoms with Gasteiger partial charge in [-0.2, -0.15) is 0 Å². The largest absolute Gasteiger partial charge is 0.342 e. The van der Waals surface area contributed by atoms with Crippen molar-refractivity contribution in [1.82, 2.24) is 18.8 Å². The molecule has 182 valence electrons. The molecule has 1 aromatic carbocycles. The molecular formula is C25H38N4O3S. The Balaban J connectivity index is 1.51. The zero-order chi connectivity index (χ0) is 23.6. The lowest BCUT2D eigenvalue weighted by Crippen LogP contribution is -2.44. The number of hydrogen-bond acceptors (Lipinski definition) is 4. The summed E-state index contributed by atoms with van der Waals surface area (Å²) in [4.78, 5) is 20.2. The highest BCUT2D eigenvalue weighted by atomic mass is 32.2. The first kappa shape index (κ1) is 24.2. The first-order valence-corrected chi connectivity index (χ1v) is 13.9. The average molecular weight is 475 g/mol. The number of nitrogens with zero attached hydrogens (tertiary/aromatic N) is 4. The Bertz CT molecular complexity index is 1090. The van der Waals surface area contributed by atoms with Crippen LogP contribution in [0.25, 0.3) is 11.0 Å². The Morgan fingerprint density at radius 1 is 1.15 bits per heavy atom. The summed E-state index contributed by atoms with van der Waals surface area (Å²) in [6.45, 7) is 4.78. The van der Waals surface area contributed by atoms with Crippen LogP contribution in [-0.2, 0) is 27.8 Å². The minimum atomic E-state index is -3.52. The lowest BCUT2D eigenvalue weighted by Gasteiger charge is -2.41. The van der Waals surface area contributed by atoms with Crippen molar-refractivity contribution in [3.05, 3.63) is 24.0 Å². The van der Waals surface area contributed by atoms with E-state index in [1.54, 1.807) is 12.1 Å². The van der Waals surface area contributed by atoms with E-state index in [1.165, 1.54) is 44.1 Å². The Hall–Kier alpha value is -1.93. The van der Waals surface area contributed by atoms with Crippen molar-refractivity contribution in [3.63, 3.8) is 0 Å².